The summed E-state index contributed by atoms with van der Waals surface area (Å²) in [5, 5.41) is 21.5. The van der Waals surface area contributed by atoms with Crippen molar-refractivity contribution in [1.82, 2.24) is 15.2 Å². The summed E-state index contributed by atoms with van der Waals surface area (Å²) in [6.45, 7) is 3.70. The van der Waals surface area contributed by atoms with Crippen LogP contribution in [0, 0.1) is 0 Å². The number of para-hydroxylation sites is 1. The SMILES string of the molecule is C=CCSc1nnc2c(n1)O[C@@H](c1ccc(C(=O)O)cc1)Nc1ccccc1-2. The number of fused-ring (bicyclic) bond motifs is 3. The van der Waals surface area contributed by atoms with Crippen molar-refractivity contribution >= 4 is 23.4 Å². The molecule has 0 saturated carbocycles. The fourth-order valence-electron chi connectivity index (χ4n) is 2.79. The first-order valence-electron chi connectivity index (χ1n) is 8.50. The second-order valence-corrected chi connectivity index (χ2v) is 6.95. The van der Waals surface area contributed by atoms with E-state index in [4.69, 9.17) is 9.84 Å². The summed E-state index contributed by atoms with van der Waals surface area (Å²) in [5.74, 6) is 0.0548. The Morgan fingerprint density at radius 2 is 2.00 bits per heavy atom. The van der Waals surface area contributed by atoms with E-state index in [0.717, 1.165) is 16.8 Å². The summed E-state index contributed by atoms with van der Waals surface area (Å²) in [4.78, 5) is 15.6. The van der Waals surface area contributed by atoms with Crippen LogP contribution in [0.1, 0.15) is 22.1 Å². The summed E-state index contributed by atoms with van der Waals surface area (Å²) in [7, 11) is 0. The molecule has 0 fully saturated rings. The number of aromatic carboxylic acids is 1. The van der Waals surface area contributed by atoms with Crippen LogP contribution in [-0.2, 0) is 0 Å². The highest BCUT2D eigenvalue weighted by molar-refractivity contribution is 7.99. The highest BCUT2D eigenvalue weighted by Crippen LogP contribution is 2.39. The van der Waals surface area contributed by atoms with Crippen LogP contribution < -0.4 is 10.1 Å². The number of ether oxygens (including phenoxy) is 1. The highest BCUT2D eigenvalue weighted by Gasteiger charge is 2.26. The molecule has 3 aromatic rings. The largest absolute Gasteiger partial charge is 0.478 e. The van der Waals surface area contributed by atoms with E-state index in [0.29, 0.717) is 22.5 Å². The van der Waals surface area contributed by atoms with E-state index in [1.807, 2.05) is 24.3 Å². The summed E-state index contributed by atoms with van der Waals surface area (Å²) in [6, 6.07) is 14.2. The van der Waals surface area contributed by atoms with Crippen molar-refractivity contribution in [2.75, 3.05) is 11.1 Å². The quantitative estimate of drug-likeness (QED) is 0.496. The normalized spacial score (nSPS) is 14.6. The van der Waals surface area contributed by atoms with Gasteiger partial charge in [-0.1, -0.05) is 48.2 Å². The minimum absolute atomic E-state index is 0.213. The minimum atomic E-state index is -0.974. The number of nitrogens with zero attached hydrogens (tertiary/aromatic N) is 3. The number of rotatable bonds is 5. The van der Waals surface area contributed by atoms with Gasteiger partial charge in [0, 0.05) is 22.6 Å². The van der Waals surface area contributed by atoms with E-state index in [-0.39, 0.29) is 5.56 Å². The van der Waals surface area contributed by atoms with Gasteiger partial charge in [-0.2, -0.15) is 4.98 Å². The third kappa shape index (κ3) is 3.54. The van der Waals surface area contributed by atoms with Crippen LogP contribution >= 0.6 is 11.8 Å². The fraction of sp³-hybridized carbons (Fsp3) is 0.100. The lowest BCUT2D eigenvalue weighted by Crippen LogP contribution is -2.17. The molecular weight excluding hydrogens is 376 g/mol. The van der Waals surface area contributed by atoms with Crippen LogP contribution in [0.2, 0.25) is 0 Å². The minimum Gasteiger partial charge on any atom is -0.478 e. The molecule has 0 radical (unpaired) electrons. The molecule has 2 aromatic carbocycles. The number of hydrogen-bond donors (Lipinski definition) is 2. The van der Waals surface area contributed by atoms with Crippen LogP contribution in [0.4, 0.5) is 5.69 Å². The summed E-state index contributed by atoms with van der Waals surface area (Å²) >= 11 is 1.42. The van der Waals surface area contributed by atoms with Crippen molar-refractivity contribution in [3.63, 3.8) is 0 Å². The maximum atomic E-state index is 11.1. The molecule has 0 bridgehead atoms. The van der Waals surface area contributed by atoms with Gasteiger partial charge in [-0.25, -0.2) is 4.79 Å². The number of carboxylic acids is 1. The molecule has 0 unspecified atom stereocenters. The Bertz CT molecular complexity index is 1040. The number of aromatic nitrogens is 3. The van der Waals surface area contributed by atoms with E-state index >= 15 is 0 Å². The first-order valence-corrected chi connectivity index (χ1v) is 9.48. The molecule has 0 amide bonds. The molecule has 1 aliphatic rings. The van der Waals surface area contributed by atoms with Gasteiger partial charge in [0.05, 0.1) is 5.56 Å². The van der Waals surface area contributed by atoms with Crippen LogP contribution in [-0.4, -0.2) is 32.0 Å². The summed E-state index contributed by atoms with van der Waals surface area (Å²) in [5.41, 5.74) is 3.20. The van der Waals surface area contributed by atoms with Crippen LogP contribution in [0.25, 0.3) is 11.3 Å². The standard InChI is InChI=1S/C20H16N4O3S/c1-2-11-28-20-22-18-16(23-24-20)14-5-3-4-6-15(14)21-17(27-18)12-7-9-13(10-8-12)19(25)26/h2-10,17,21H,1,11H2,(H,25,26)/t17-/m0/s1. The predicted octanol–water partition coefficient (Wildman–Crippen LogP) is 4.02. The molecule has 2 N–H and O–H groups in total. The molecule has 28 heavy (non-hydrogen) atoms. The second-order valence-electron chi connectivity index (χ2n) is 5.96. The van der Waals surface area contributed by atoms with Gasteiger partial charge >= 0.3 is 5.97 Å². The Morgan fingerprint density at radius 1 is 1.21 bits per heavy atom. The van der Waals surface area contributed by atoms with Crippen molar-refractivity contribution in [3.8, 4) is 17.1 Å². The maximum absolute atomic E-state index is 11.1. The lowest BCUT2D eigenvalue weighted by Gasteiger charge is -2.19. The zero-order valence-corrected chi connectivity index (χ0v) is 15.5. The number of nitrogens with one attached hydrogen (secondary N) is 1. The van der Waals surface area contributed by atoms with Crippen molar-refractivity contribution in [1.29, 1.82) is 0 Å². The molecular formula is C20H16N4O3S. The van der Waals surface area contributed by atoms with Crippen molar-refractivity contribution in [2.45, 2.75) is 11.4 Å². The van der Waals surface area contributed by atoms with Crippen LogP contribution in [0.5, 0.6) is 5.88 Å². The molecule has 4 rings (SSSR count). The Hall–Kier alpha value is -3.39. The average molecular weight is 392 g/mol. The summed E-state index contributed by atoms with van der Waals surface area (Å²) < 4.78 is 6.14. The average Bonchev–Trinajstić information content (AvgIpc) is 2.88. The van der Waals surface area contributed by atoms with Crippen molar-refractivity contribution < 1.29 is 14.6 Å². The molecule has 2 heterocycles. The Balaban J connectivity index is 1.76. The monoisotopic (exact) mass is 392 g/mol. The fourth-order valence-corrected chi connectivity index (χ4v) is 3.31. The molecule has 0 spiro atoms. The van der Waals surface area contributed by atoms with Crippen molar-refractivity contribution in [3.05, 3.63) is 72.3 Å². The molecule has 0 aliphatic carbocycles. The molecule has 1 atom stereocenters. The number of anilines is 1. The third-order valence-corrected chi connectivity index (χ3v) is 4.96. The zero-order valence-electron chi connectivity index (χ0n) is 14.7. The second kappa shape index (κ2) is 7.69. The maximum Gasteiger partial charge on any atom is 0.335 e. The molecule has 1 aliphatic heterocycles. The first kappa shape index (κ1) is 18.0. The van der Waals surface area contributed by atoms with Gasteiger partial charge < -0.3 is 15.2 Å². The van der Waals surface area contributed by atoms with Crippen LogP contribution in [0.3, 0.4) is 0 Å². The number of carboxylic acid groups (broad SMARTS) is 1. The number of benzene rings is 2. The van der Waals surface area contributed by atoms with E-state index in [9.17, 15) is 4.79 Å². The van der Waals surface area contributed by atoms with Gasteiger partial charge in [0.25, 0.3) is 0 Å². The Morgan fingerprint density at radius 3 is 2.75 bits per heavy atom. The van der Waals surface area contributed by atoms with Gasteiger partial charge in [0.2, 0.25) is 11.0 Å². The number of carbonyl (C=O) groups is 1. The summed E-state index contributed by atoms with van der Waals surface area (Å²) in [6.07, 6.45) is 1.21. The van der Waals surface area contributed by atoms with Gasteiger partial charge in [-0.05, 0) is 18.2 Å². The molecule has 0 saturated heterocycles. The zero-order chi connectivity index (χ0) is 19.5. The molecule has 8 heteroatoms. The highest BCUT2D eigenvalue weighted by atomic mass is 32.2. The van der Waals surface area contributed by atoms with E-state index in [2.05, 4.69) is 27.1 Å². The van der Waals surface area contributed by atoms with Crippen molar-refractivity contribution in [2.24, 2.45) is 0 Å². The topological polar surface area (TPSA) is 97.2 Å². The van der Waals surface area contributed by atoms with Gasteiger partial charge in [-0.15, -0.1) is 16.8 Å². The van der Waals surface area contributed by atoms with E-state index in [1.165, 1.54) is 11.8 Å². The first-order chi connectivity index (χ1) is 13.7. The lowest BCUT2D eigenvalue weighted by molar-refractivity contribution is 0.0696. The smallest absolute Gasteiger partial charge is 0.335 e. The predicted molar refractivity (Wildman–Crippen MR) is 107 cm³/mol. The number of thioether (sulfide) groups is 1. The van der Waals surface area contributed by atoms with E-state index in [1.54, 1.807) is 30.3 Å². The van der Waals surface area contributed by atoms with Gasteiger partial charge in [0.1, 0.15) is 0 Å². The third-order valence-electron chi connectivity index (χ3n) is 4.12. The van der Waals surface area contributed by atoms with Gasteiger partial charge in [0.15, 0.2) is 11.9 Å². The Kier molecular flexibility index (Phi) is 4.94. The molecule has 140 valence electrons. The molecule has 1 aromatic heterocycles. The molecule has 7 nitrogen and oxygen atoms in total. The number of hydrogen-bond acceptors (Lipinski definition) is 7. The van der Waals surface area contributed by atoms with Gasteiger partial charge in [-0.3, -0.25) is 0 Å². The van der Waals surface area contributed by atoms with E-state index < -0.39 is 12.2 Å². The van der Waals surface area contributed by atoms with Crippen LogP contribution in [0.15, 0.2) is 66.3 Å². The Labute approximate surface area is 165 Å². The lowest BCUT2D eigenvalue weighted by atomic mass is 10.1.